The summed E-state index contributed by atoms with van der Waals surface area (Å²) < 4.78 is 17.8. The predicted octanol–water partition coefficient (Wildman–Crippen LogP) is 5.77. The van der Waals surface area contributed by atoms with Crippen LogP contribution in [0, 0.1) is 0 Å². The molecule has 1 fully saturated rings. The predicted molar refractivity (Wildman–Crippen MR) is 149 cm³/mol. The Bertz CT molecular complexity index is 1460. The van der Waals surface area contributed by atoms with Crippen molar-refractivity contribution in [1.82, 2.24) is 14.7 Å². The van der Waals surface area contributed by atoms with Crippen molar-refractivity contribution in [1.29, 1.82) is 0 Å². The van der Waals surface area contributed by atoms with Gasteiger partial charge in [-0.25, -0.2) is 14.3 Å². The van der Waals surface area contributed by atoms with E-state index in [2.05, 4.69) is 0 Å². The monoisotopic (exact) mass is 541 g/mol. The van der Waals surface area contributed by atoms with Gasteiger partial charge < -0.3 is 24.2 Å². The molecule has 40 heavy (non-hydrogen) atoms. The van der Waals surface area contributed by atoms with Crippen LogP contribution in [-0.2, 0) is 11.3 Å². The molecule has 3 aromatic carbocycles. The summed E-state index contributed by atoms with van der Waals surface area (Å²) >= 11 is 0. The van der Waals surface area contributed by atoms with Gasteiger partial charge in [0.2, 0.25) is 0 Å². The van der Waals surface area contributed by atoms with Gasteiger partial charge in [-0.2, -0.15) is 5.10 Å². The quantitative estimate of drug-likeness (QED) is 0.302. The first-order valence-electron chi connectivity index (χ1n) is 13.1. The smallest absolute Gasteiger partial charge is 0.410 e. The lowest BCUT2D eigenvalue weighted by Crippen LogP contribution is -2.38. The van der Waals surface area contributed by atoms with E-state index in [-0.39, 0.29) is 24.2 Å². The minimum atomic E-state index is -1.05. The topological polar surface area (TPSA) is 103 Å². The molecular weight excluding hydrogens is 510 g/mol. The lowest BCUT2D eigenvalue weighted by atomic mass is 9.90. The standard InChI is InChI=1S/C31H31N3O6/c1-38-25-12-8-23(9-13-25)29-27(30(35)36)28(32-34(29)24-10-14-26(39-2)15-11-24)22-16-18-33(19-17-22)31(37)40-20-21-6-4-3-5-7-21/h3-15,22H,16-20H2,1-2H3,(H,35,36). The van der Waals surface area contributed by atoms with E-state index in [9.17, 15) is 14.7 Å². The highest BCUT2D eigenvalue weighted by atomic mass is 16.6. The molecule has 1 aromatic heterocycles. The maximum absolute atomic E-state index is 12.7. The summed E-state index contributed by atoms with van der Waals surface area (Å²) in [4.78, 5) is 27.1. The molecule has 1 amide bonds. The fraction of sp³-hybridized carbons (Fsp3) is 0.258. The van der Waals surface area contributed by atoms with Crippen LogP contribution in [0.1, 0.15) is 40.4 Å². The van der Waals surface area contributed by atoms with E-state index in [1.165, 1.54) is 0 Å². The zero-order valence-electron chi connectivity index (χ0n) is 22.4. The second kappa shape index (κ2) is 11.9. The van der Waals surface area contributed by atoms with Crippen LogP contribution in [0.4, 0.5) is 4.79 Å². The number of carbonyl (C=O) groups excluding carboxylic acids is 1. The number of aromatic nitrogens is 2. The van der Waals surface area contributed by atoms with Gasteiger partial charge in [0.25, 0.3) is 0 Å². The van der Waals surface area contributed by atoms with E-state index >= 15 is 0 Å². The van der Waals surface area contributed by atoms with E-state index in [4.69, 9.17) is 19.3 Å². The summed E-state index contributed by atoms with van der Waals surface area (Å²) in [6.07, 6.45) is 0.772. The third-order valence-electron chi connectivity index (χ3n) is 7.15. The largest absolute Gasteiger partial charge is 0.497 e. The van der Waals surface area contributed by atoms with Gasteiger partial charge in [0.1, 0.15) is 23.7 Å². The second-order valence-electron chi connectivity index (χ2n) is 9.55. The van der Waals surface area contributed by atoms with E-state index in [1.54, 1.807) is 35.9 Å². The van der Waals surface area contributed by atoms with Crippen molar-refractivity contribution in [3.05, 3.63) is 95.7 Å². The van der Waals surface area contributed by atoms with Crippen molar-refractivity contribution in [2.75, 3.05) is 27.3 Å². The number of benzene rings is 3. The number of amides is 1. The number of nitrogens with zero attached hydrogens (tertiary/aromatic N) is 3. The van der Waals surface area contributed by atoms with Crippen molar-refractivity contribution in [3.8, 4) is 28.4 Å². The van der Waals surface area contributed by atoms with E-state index in [0.29, 0.717) is 60.1 Å². The first-order valence-corrected chi connectivity index (χ1v) is 13.1. The lowest BCUT2D eigenvalue weighted by Gasteiger charge is -2.30. The van der Waals surface area contributed by atoms with Crippen LogP contribution in [0.25, 0.3) is 16.9 Å². The number of carbonyl (C=O) groups is 2. The Morgan fingerprint density at radius 3 is 2.05 bits per heavy atom. The summed E-state index contributed by atoms with van der Waals surface area (Å²) in [7, 11) is 3.18. The van der Waals surface area contributed by atoms with E-state index < -0.39 is 5.97 Å². The average Bonchev–Trinajstić information content (AvgIpc) is 3.41. The first-order chi connectivity index (χ1) is 19.5. The summed E-state index contributed by atoms with van der Waals surface area (Å²) in [5.74, 6) is 0.168. The van der Waals surface area contributed by atoms with E-state index in [1.807, 2.05) is 66.7 Å². The SMILES string of the molecule is COc1ccc(-c2c(C(=O)O)c(C3CCN(C(=O)OCc4ccccc4)CC3)nn2-c2ccc(OC)cc2)cc1. The van der Waals surface area contributed by atoms with Crippen molar-refractivity contribution in [2.45, 2.75) is 25.4 Å². The van der Waals surface area contributed by atoms with Gasteiger partial charge in [0, 0.05) is 24.6 Å². The molecule has 9 heteroatoms. The van der Waals surface area contributed by atoms with Crippen molar-refractivity contribution in [2.24, 2.45) is 0 Å². The third kappa shape index (κ3) is 5.63. The Labute approximate surface area is 232 Å². The molecule has 0 bridgehead atoms. The lowest BCUT2D eigenvalue weighted by molar-refractivity contribution is 0.0692. The van der Waals surface area contributed by atoms with Crippen molar-refractivity contribution >= 4 is 12.1 Å². The number of rotatable bonds is 8. The highest BCUT2D eigenvalue weighted by molar-refractivity contribution is 5.97. The van der Waals surface area contributed by atoms with Gasteiger partial charge in [-0.05, 0) is 66.9 Å². The molecule has 0 spiro atoms. The minimum absolute atomic E-state index is 0.138. The van der Waals surface area contributed by atoms with Crippen molar-refractivity contribution < 1.29 is 28.9 Å². The number of methoxy groups -OCH3 is 2. The van der Waals surface area contributed by atoms with E-state index in [0.717, 1.165) is 5.56 Å². The van der Waals surface area contributed by atoms with Gasteiger partial charge in [-0.3, -0.25) is 0 Å². The fourth-order valence-corrected chi connectivity index (χ4v) is 5.00. The number of carboxylic acids is 1. The highest BCUT2D eigenvalue weighted by Crippen LogP contribution is 2.37. The molecule has 2 heterocycles. The maximum Gasteiger partial charge on any atom is 0.410 e. The number of hydrogen-bond donors (Lipinski definition) is 1. The van der Waals surface area contributed by atoms with Crippen LogP contribution >= 0.6 is 0 Å². The molecule has 5 rings (SSSR count). The molecule has 0 saturated carbocycles. The second-order valence-corrected chi connectivity index (χ2v) is 9.55. The molecule has 0 radical (unpaired) electrons. The Morgan fingerprint density at radius 1 is 0.875 bits per heavy atom. The average molecular weight is 542 g/mol. The fourth-order valence-electron chi connectivity index (χ4n) is 5.00. The zero-order valence-corrected chi connectivity index (χ0v) is 22.4. The number of hydrogen-bond acceptors (Lipinski definition) is 6. The van der Waals surface area contributed by atoms with Crippen LogP contribution in [-0.4, -0.2) is 59.2 Å². The molecule has 0 aliphatic carbocycles. The molecule has 0 atom stereocenters. The zero-order chi connectivity index (χ0) is 28.1. The molecule has 0 unspecified atom stereocenters. The normalized spacial score (nSPS) is 13.6. The van der Waals surface area contributed by atoms with Gasteiger partial charge >= 0.3 is 12.1 Å². The maximum atomic E-state index is 12.7. The van der Waals surface area contributed by atoms with Crippen LogP contribution in [0.3, 0.4) is 0 Å². The summed E-state index contributed by atoms with van der Waals surface area (Å²) in [6.45, 7) is 1.11. The van der Waals surface area contributed by atoms with Gasteiger partial charge in [0.05, 0.1) is 31.3 Å². The summed E-state index contributed by atoms with van der Waals surface area (Å²) in [6, 6.07) is 24.1. The summed E-state index contributed by atoms with van der Waals surface area (Å²) in [5.41, 5.74) is 3.49. The van der Waals surface area contributed by atoms with Gasteiger partial charge in [0.15, 0.2) is 0 Å². The Morgan fingerprint density at radius 2 is 1.48 bits per heavy atom. The Balaban J connectivity index is 1.43. The molecule has 1 N–H and O–H groups in total. The first kappa shape index (κ1) is 26.8. The van der Waals surface area contributed by atoms with Crippen molar-refractivity contribution in [3.63, 3.8) is 0 Å². The van der Waals surface area contributed by atoms with Crippen LogP contribution in [0.2, 0.25) is 0 Å². The molecule has 1 aliphatic heterocycles. The minimum Gasteiger partial charge on any atom is -0.497 e. The van der Waals surface area contributed by atoms with Crippen LogP contribution < -0.4 is 9.47 Å². The number of carboxylic acid groups (broad SMARTS) is 1. The number of likely N-dealkylation sites (tertiary alicyclic amines) is 1. The molecular formula is C31H31N3O6. The van der Waals surface area contributed by atoms with Crippen LogP contribution in [0.5, 0.6) is 11.5 Å². The van der Waals surface area contributed by atoms with Gasteiger partial charge in [-0.15, -0.1) is 0 Å². The molecule has 1 aliphatic rings. The van der Waals surface area contributed by atoms with Gasteiger partial charge in [-0.1, -0.05) is 30.3 Å². The third-order valence-corrected chi connectivity index (χ3v) is 7.15. The molecule has 206 valence electrons. The number of piperidine rings is 1. The Kier molecular flexibility index (Phi) is 8.00. The Hall–Kier alpha value is -4.79. The molecule has 4 aromatic rings. The highest BCUT2D eigenvalue weighted by Gasteiger charge is 2.33. The summed E-state index contributed by atoms with van der Waals surface area (Å²) in [5, 5.41) is 15.3. The molecule has 1 saturated heterocycles. The number of aromatic carboxylic acids is 1. The molecule has 9 nitrogen and oxygen atoms in total. The van der Waals surface area contributed by atoms with Crippen LogP contribution in [0.15, 0.2) is 78.9 Å². The number of ether oxygens (including phenoxy) is 3.